The largest absolute Gasteiger partial charge is 0.465 e. The maximum atomic E-state index is 14.0. The molecule has 0 spiro atoms. The van der Waals surface area contributed by atoms with Crippen LogP contribution in [0.1, 0.15) is 16.7 Å². The molecule has 1 atom stereocenters. The second-order valence-corrected chi connectivity index (χ2v) is 11.7. The molecule has 1 aliphatic heterocycles. The maximum Gasteiger partial charge on any atom is 0.407 e. The SMILES string of the molecule is O=C(O)N1CCN(C(c2ccccc2)(c2ccccc2)c2ccccc2)[C@H](CS(=O)(=O)c2cccc(F)c2)C1. The molecule has 1 saturated heterocycles. The van der Waals surface area contributed by atoms with Gasteiger partial charge in [0.1, 0.15) is 5.82 Å². The summed E-state index contributed by atoms with van der Waals surface area (Å²) in [6, 6.07) is 33.8. The molecule has 1 fully saturated rings. The molecule has 39 heavy (non-hydrogen) atoms. The maximum absolute atomic E-state index is 14.0. The van der Waals surface area contributed by atoms with Crippen LogP contribution >= 0.6 is 0 Å². The number of nitrogens with zero attached hydrogens (tertiary/aromatic N) is 2. The van der Waals surface area contributed by atoms with Gasteiger partial charge >= 0.3 is 6.09 Å². The van der Waals surface area contributed by atoms with Crippen molar-refractivity contribution in [3.8, 4) is 0 Å². The highest BCUT2D eigenvalue weighted by Gasteiger charge is 2.48. The molecular weight excluding hydrogens is 515 g/mol. The van der Waals surface area contributed by atoms with Crippen LogP contribution in [0.5, 0.6) is 0 Å². The lowest BCUT2D eigenvalue weighted by Gasteiger charge is -2.52. The summed E-state index contributed by atoms with van der Waals surface area (Å²) in [5.41, 5.74) is 1.87. The molecule has 0 unspecified atom stereocenters. The third-order valence-corrected chi connectivity index (χ3v) is 9.12. The fourth-order valence-corrected chi connectivity index (χ4v) is 7.22. The number of carbonyl (C=O) groups is 1. The van der Waals surface area contributed by atoms with Crippen molar-refractivity contribution in [2.24, 2.45) is 0 Å². The van der Waals surface area contributed by atoms with E-state index in [0.29, 0.717) is 0 Å². The Hall–Kier alpha value is -4.01. The van der Waals surface area contributed by atoms with Gasteiger partial charge < -0.3 is 10.0 Å². The first-order chi connectivity index (χ1) is 18.8. The minimum absolute atomic E-state index is 0.0157. The first-order valence-corrected chi connectivity index (χ1v) is 14.4. The lowest BCUT2D eigenvalue weighted by Crippen LogP contribution is -2.63. The number of benzene rings is 4. The van der Waals surface area contributed by atoms with Crippen molar-refractivity contribution >= 4 is 15.9 Å². The minimum atomic E-state index is -3.97. The zero-order valence-corrected chi connectivity index (χ0v) is 22.0. The van der Waals surface area contributed by atoms with Crippen molar-refractivity contribution in [2.75, 3.05) is 25.4 Å². The van der Waals surface area contributed by atoms with E-state index in [0.717, 1.165) is 22.8 Å². The Labute approximate surface area is 227 Å². The van der Waals surface area contributed by atoms with Crippen molar-refractivity contribution < 1.29 is 22.7 Å². The molecule has 0 aliphatic carbocycles. The molecule has 5 rings (SSSR count). The Morgan fingerprint density at radius 3 is 1.77 bits per heavy atom. The van der Waals surface area contributed by atoms with E-state index in [2.05, 4.69) is 4.90 Å². The highest BCUT2D eigenvalue weighted by Crippen LogP contribution is 2.44. The van der Waals surface area contributed by atoms with Gasteiger partial charge in [0, 0.05) is 25.7 Å². The first kappa shape index (κ1) is 26.6. The van der Waals surface area contributed by atoms with Crippen LogP contribution in [0.4, 0.5) is 9.18 Å². The lowest BCUT2D eigenvalue weighted by molar-refractivity contribution is 0.0309. The molecule has 0 bridgehead atoms. The summed E-state index contributed by atoms with van der Waals surface area (Å²) >= 11 is 0. The Morgan fingerprint density at radius 2 is 1.31 bits per heavy atom. The number of rotatable bonds is 7. The van der Waals surface area contributed by atoms with Gasteiger partial charge in [-0.15, -0.1) is 0 Å². The van der Waals surface area contributed by atoms with Gasteiger partial charge in [-0.2, -0.15) is 0 Å². The van der Waals surface area contributed by atoms with Crippen molar-refractivity contribution in [1.82, 2.24) is 9.80 Å². The van der Waals surface area contributed by atoms with E-state index in [1.807, 2.05) is 91.0 Å². The van der Waals surface area contributed by atoms with E-state index < -0.39 is 33.3 Å². The Kier molecular flexibility index (Phi) is 7.50. The number of halogens is 1. The summed E-state index contributed by atoms with van der Waals surface area (Å²) in [6.45, 7) is 0.479. The molecule has 1 heterocycles. The molecule has 4 aromatic carbocycles. The van der Waals surface area contributed by atoms with Crippen molar-refractivity contribution in [1.29, 1.82) is 0 Å². The summed E-state index contributed by atoms with van der Waals surface area (Å²) in [7, 11) is -3.97. The summed E-state index contributed by atoms with van der Waals surface area (Å²) in [5, 5.41) is 9.86. The molecule has 0 radical (unpaired) electrons. The number of carboxylic acid groups (broad SMARTS) is 1. The minimum Gasteiger partial charge on any atom is -0.465 e. The van der Waals surface area contributed by atoms with Gasteiger partial charge in [0.15, 0.2) is 9.84 Å². The van der Waals surface area contributed by atoms with Gasteiger partial charge in [-0.3, -0.25) is 4.90 Å². The molecule has 1 aliphatic rings. The van der Waals surface area contributed by atoms with E-state index in [-0.39, 0.29) is 30.3 Å². The van der Waals surface area contributed by atoms with E-state index in [4.69, 9.17) is 0 Å². The molecule has 8 heteroatoms. The second-order valence-electron chi connectivity index (χ2n) is 9.62. The molecule has 0 saturated carbocycles. The monoisotopic (exact) mass is 544 g/mol. The van der Waals surface area contributed by atoms with E-state index >= 15 is 0 Å². The van der Waals surface area contributed by atoms with E-state index in [1.165, 1.54) is 23.1 Å². The van der Waals surface area contributed by atoms with Crippen LogP contribution in [0.15, 0.2) is 120 Å². The summed E-state index contributed by atoms with van der Waals surface area (Å²) in [5.74, 6) is -1.02. The lowest BCUT2D eigenvalue weighted by atomic mass is 9.74. The van der Waals surface area contributed by atoms with Gasteiger partial charge in [-0.25, -0.2) is 17.6 Å². The molecular formula is C31H29FN2O4S. The summed E-state index contributed by atoms with van der Waals surface area (Å²) < 4.78 is 41.3. The fraction of sp³-hybridized carbons (Fsp3) is 0.194. The van der Waals surface area contributed by atoms with Crippen LogP contribution in [-0.2, 0) is 15.4 Å². The topological polar surface area (TPSA) is 77.9 Å². The molecule has 1 amide bonds. The van der Waals surface area contributed by atoms with Crippen LogP contribution in [-0.4, -0.2) is 60.8 Å². The van der Waals surface area contributed by atoms with Gasteiger partial charge in [-0.05, 0) is 34.9 Å². The predicted octanol–water partition coefficient (Wildman–Crippen LogP) is 5.26. The predicted molar refractivity (Wildman–Crippen MR) is 148 cm³/mol. The smallest absolute Gasteiger partial charge is 0.407 e. The average Bonchev–Trinajstić information content (AvgIpc) is 2.96. The van der Waals surface area contributed by atoms with Crippen molar-refractivity contribution in [3.05, 3.63) is 138 Å². The molecule has 200 valence electrons. The van der Waals surface area contributed by atoms with Crippen LogP contribution < -0.4 is 0 Å². The highest BCUT2D eigenvalue weighted by atomic mass is 32.2. The van der Waals surface area contributed by atoms with Gasteiger partial charge in [0.25, 0.3) is 0 Å². The fourth-order valence-electron chi connectivity index (χ4n) is 5.66. The first-order valence-electron chi connectivity index (χ1n) is 12.7. The third-order valence-electron chi connectivity index (χ3n) is 7.33. The average molecular weight is 545 g/mol. The summed E-state index contributed by atoms with van der Waals surface area (Å²) in [4.78, 5) is 15.3. The highest BCUT2D eigenvalue weighted by molar-refractivity contribution is 7.91. The van der Waals surface area contributed by atoms with Gasteiger partial charge in [-0.1, -0.05) is 97.1 Å². The standard InChI is InChI=1S/C31H29FN2O4S/c32-27-17-10-18-29(21-27)39(37,38)23-28-22-33(30(35)36)19-20-34(28)31(24-11-4-1-5-12-24,25-13-6-2-7-14-25)26-15-8-3-9-16-26/h1-18,21,28H,19-20,22-23H2,(H,35,36)/t28-/m0/s1. The van der Waals surface area contributed by atoms with Crippen LogP contribution in [0.25, 0.3) is 0 Å². The number of hydrogen-bond donors (Lipinski definition) is 1. The van der Waals surface area contributed by atoms with E-state index in [1.54, 1.807) is 0 Å². The van der Waals surface area contributed by atoms with Crippen LogP contribution in [0, 0.1) is 5.82 Å². The van der Waals surface area contributed by atoms with E-state index in [9.17, 15) is 22.7 Å². The molecule has 6 nitrogen and oxygen atoms in total. The molecule has 0 aromatic heterocycles. The quantitative estimate of drug-likeness (QED) is 0.322. The second kappa shape index (κ2) is 11.0. The number of hydrogen-bond acceptors (Lipinski definition) is 4. The normalized spacial score (nSPS) is 16.6. The molecule has 1 N–H and O–H groups in total. The zero-order chi connectivity index (χ0) is 27.5. The molecule has 4 aromatic rings. The Balaban J connectivity index is 1.73. The summed E-state index contributed by atoms with van der Waals surface area (Å²) in [6.07, 6.45) is -1.10. The van der Waals surface area contributed by atoms with Gasteiger partial charge in [0.2, 0.25) is 0 Å². The van der Waals surface area contributed by atoms with Gasteiger partial charge in [0.05, 0.1) is 16.2 Å². The third kappa shape index (κ3) is 5.17. The van der Waals surface area contributed by atoms with Crippen LogP contribution in [0.2, 0.25) is 0 Å². The van der Waals surface area contributed by atoms with Crippen LogP contribution in [0.3, 0.4) is 0 Å². The zero-order valence-electron chi connectivity index (χ0n) is 21.2. The number of amides is 1. The number of piperazine rings is 1. The Morgan fingerprint density at radius 1 is 0.795 bits per heavy atom. The van der Waals surface area contributed by atoms with Crippen molar-refractivity contribution in [3.63, 3.8) is 0 Å². The van der Waals surface area contributed by atoms with Crippen molar-refractivity contribution in [2.45, 2.75) is 16.5 Å². The number of sulfone groups is 1. The Bertz CT molecular complexity index is 1440.